The Morgan fingerprint density at radius 1 is 0.781 bits per heavy atom. The standard InChI is InChI=1S/C27H39N3O2/c1-4-6-8-10-12-14-21-18-22(15-13-11-9-7-5-2)27(31)26(19-21)30-28-24-17-16-23(32-3)20-25(24)29-30/h16-20,31H,4-15H2,1-3H3. The molecule has 1 heterocycles. The lowest BCUT2D eigenvalue weighted by molar-refractivity contribution is 0.415. The van der Waals surface area contributed by atoms with E-state index in [-0.39, 0.29) is 0 Å². The first-order valence-corrected chi connectivity index (χ1v) is 12.4. The Bertz CT molecular complexity index is 980. The van der Waals surface area contributed by atoms with E-state index in [9.17, 15) is 5.11 Å². The second kappa shape index (κ2) is 12.5. The molecule has 0 spiro atoms. The number of ether oxygens (including phenoxy) is 1. The number of phenolic OH excluding ortho intramolecular Hbond substituents is 1. The lowest BCUT2D eigenvalue weighted by atomic mass is 9.98. The van der Waals surface area contributed by atoms with Gasteiger partial charge in [0.15, 0.2) is 0 Å². The number of nitrogens with zero attached hydrogens (tertiary/aromatic N) is 3. The van der Waals surface area contributed by atoms with Crippen LogP contribution < -0.4 is 4.74 Å². The van der Waals surface area contributed by atoms with Gasteiger partial charge in [0.05, 0.1) is 7.11 Å². The first-order valence-electron chi connectivity index (χ1n) is 12.4. The smallest absolute Gasteiger partial charge is 0.146 e. The van der Waals surface area contributed by atoms with Crippen LogP contribution in [0, 0.1) is 0 Å². The zero-order chi connectivity index (χ0) is 22.8. The lowest BCUT2D eigenvalue weighted by Gasteiger charge is -2.13. The Labute approximate surface area is 192 Å². The molecule has 0 radical (unpaired) electrons. The molecule has 0 atom stereocenters. The SMILES string of the molecule is CCCCCCCc1cc(CCCCCCC)c(O)c(-n2nc3ccc(OC)cc3n2)c1. The van der Waals surface area contributed by atoms with E-state index in [0.717, 1.165) is 41.6 Å². The molecule has 5 heteroatoms. The normalized spacial score (nSPS) is 11.3. The number of rotatable bonds is 14. The van der Waals surface area contributed by atoms with Crippen LogP contribution in [0.1, 0.15) is 89.2 Å². The average Bonchev–Trinajstić information content (AvgIpc) is 3.23. The van der Waals surface area contributed by atoms with E-state index in [1.165, 1.54) is 63.4 Å². The van der Waals surface area contributed by atoms with Gasteiger partial charge in [-0.1, -0.05) is 71.3 Å². The van der Waals surface area contributed by atoms with Crippen LogP contribution in [0.5, 0.6) is 11.5 Å². The Morgan fingerprint density at radius 2 is 1.44 bits per heavy atom. The minimum Gasteiger partial charge on any atom is -0.505 e. The van der Waals surface area contributed by atoms with Crippen LogP contribution in [0.4, 0.5) is 0 Å². The third-order valence-electron chi connectivity index (χ3n) is 6.15. The van der Waals surface area contributed by atoms with E-state index in [1.807, 2.05) is 18.2 Å². The molecule has 0 aliphatic rings. The van der Waals surface area contributed by atoms with Crippen molar-refractivity contribution < 1.29 is 9.84 Å². The van der Waals surface area contributed by atoms with E-state index >= 15 is 0 Å². The summed E-state index contributed by atoms with van der Waals surface area (Å²) in [4.78, 5) is 1.58. The van der Waals surface area contributed by atoms with E-state index in [1.54, 1.807) is 11.9 Å². The highest BCUT2D eigenvalue weighted by Crippen LogP contribution is 2.31. The molecule has 0 bridgehead atoms. The molecule has 5 nitrogen and oxygen atoms in total. The van der Waals surface area contributed by atoms with Gasteiger partial charge in [0.1, 0.15) is 28.2 Å². The second-order valence-electron chi connectivity index (χ2n) is 8.80. The van der Waals surface area contributed by atoms with Gasteiger partial charge in [-0.25, -0.2) is 0 Å². The van der Waals surface area contributed by atoms with Crippen LogP contribution in [0.3, 0.4) is 0 Å². The van der Waals surface area contributed by atoms with Crippen LogP contribution in [0.25, 0.3) is 16.7 Å². The van der Waals surface area contributed by atoms with Crippen molar-refractivity contribution in [2.45, 2.75) is 90.9 Å². The van der Waals surface area contributed by atoms with Gasteiger partial charge in [0, 0.05) is 6.07 Å². The molecule has 0 amide bonds. The van der Waals surface area contributed by atoms with Gasteiger partial charge in [-0.2, -0.15) is 0 Å². The fourth-order valence-corrected chi connectivity index (χ4v) is 4.21. The van der Waals surface area contributed by atoms with Crippen molar-refractivity contribution in [1.82, 2.24) is 15.0 Å². The molecule has 0 unspecified atom stereocenters. The molecule has 0 aliphatic carbocycles. The molecule has 0 fully saturated rings. The predicted octanol–water partition coefficient (Wildman–Crippen LogP) is 7.16. The molecule has 2 aromatic carbocycles. The summed E-state index contributed by atoms with van der Waals surface area (Å²) in [6, 6.07) is 9.93. The minimum absolute atomic E-state index is 0.308. The van der Waals surface area contributed by atoms with E-state index in [4.69, 9.17) is 4.74 Å². The third-order valence-corrected chi connectivity index (χ3v) is 6.15. The largest absolute Gasteiger partial charge is 0.505 e. The van der Waals surface area contributed by atoms with E-state index in [2.05, 4.69) is 36.2 Å². The fourth-order valence-electron chi connectivity index (χ4n) is 4.21. The highest BCUT2D eigenvalue weighted by atomic mass is 16.5. The quantitative estimate of drug-likeness (QED) is 0.272. The Morgan fingerprint density at radius 3 is 2.12 bits per heavy atom. The number of methoxy groups -OCH3 is 1. The molecule has 174 valence electrons. The topological polar surface area (TPSA) is 60.2 Å². The molecule has 1 N–H and O–H groups in total. The summed E-state index contributed by atoms with van der Waals surface area (Å²) in [5.74, 6) is 1.06. The van der Waals surface area contributed by atoms with Crippen molar-refractivity contribution in [3.63, 3.8) is 0 Å². The van der Waals surface area contributed by atoms with Crippen molar-refractivity contribution in [3.05, 3.63) is 41.5 Å². The summed E-state index contributed by atoms with van der Waals surface area (Å²) >= 11 is 0. The summed E-state index contributed by atoms with van der Waals surface area (Å²) < 4.78 is 5.32. The number of aromatic nitrogens is 3. The Kier molecular flexibility index (Phi) is 9.39. The summed E-state index contributed by atoms with van der Waals surface area (Å²) in [6.45, 7) is 4.48. The summed E-state index contributed by atoms with van der Waals surface area (Å²) in [5.41, 5.74) is 4.50. The van der Waals surface area contributed by atoms with Crippen LogP contribution in [-0.4, -0.2) is 27.2 Å². The van der Waals surface area contributed by atoms with E-state index in [0.29, 0.717) is 11.4 Å². The number of fused-ring (bicyclic) bond motifs is 1. The van der Waals surface area contributed by atoms with Crippen molar-refractivity contribution in [2.75, 3.05) is 7.11 Å². The zero-order valence-corrected chi connectivity index (χ0v) is 20.1. The van der Waals surface area contributed by atoms with Gasteiger partial charge in [0.2, 0.25) is 0 Å². The Balaban J connectivity index is 1.85. The number of benzene rings is 2. The lowest BCUT2D eigenvalue weighted by Crippen LogP contribution is -2.03. The fraction of sp³-hybridized carbons (Fsp3) is 0.556. The molecule has 0 saturated heterocycles. The number of hydrogen-bond acceptors (Lipinski definition) is 4. The summed E-state index contributed by atoms with van der Waals surface area (Å²) in [7, 11) is 1.65. The molecule has 3 rings (SSSR count). The molecule has 1 aromatic heterocycles. The summed E-state index contributed by atoms with van der Waals surface area (Å²) in [6.07, 6.45) is 14.3. The average molecular weight is 438 g/mol. The number of aromatic hydroxyl groups is 1. The molecular formula is C27H39N3O2. The summed E-state index contributed by atoms with van der Waals surface area (Å²) in [5, 5.41) is 20.4. The molecule has 3 aromatic rings. The van der Waals surface area contributed by atoms with Gasteiger partial charge in [0.25, 0.3) is 0 Å². The van der Waals surface area contributed by atoms with Crippen LogP contribution in [0.15, 0.2) is 30.3 Å². The van der Waals surface area contributed by atoms with Crippen molar-refractivity contribution in [2.24, 2.45) is 0 Å². The zero-order valence-electron chi connectivity index (χ0n) is 20.1. The minimum atomic E-state index is 0.308. The van der Waals surface area contributed by atoms with Crippen molar-refractivity contribution in [1.29, 1.82) is 0 Å². The molecule has 32 heavy (non-hydrogen) atoms. The van der Waals surface area contributed by atoms with Gasteiger partial charge >= 0.3 is 0 Å². The highest BCUT2D eigenvalue weighted by molar-refractivity contribution is 5.76. The van der Waals surface area contributed by atoms with E-state index < -0.39 is 0 Å². The van der Waals surface area contributed by atoms with Gasteiger partial charge in [-0.05, 0) is 55.0 Å². The maximum atomic E-state index is 11.1. The maximum absolute atomic E-state index is 11.1. The van der Waals surface area contributed by atoms with Gasteiger partial charge < -0.3 is 9.84 Å². The molecular weight excluding hydrogens is 398 g/mol. The van der Waals surface area contributed by atoms with Crippen LogP contribution >= 0.6 is 0 Å². The Hall–Kier alpha value is -2.56. The number of unbranched alkanes of at least 4 members (excludes halogenated alkanes) is 8. The monoisotopic (exact) mass is 437 g/mol. The first kappa shape index (κ1) is 24.1. The second-order valence-corrected chi connectivity index (χ2v) is 8.80. The van der Waals surface area contributed by atoms with Gasteiger partial charge in [-0.3, -0.25) is 0 Å². The highest BCUT2D eigenvalue weighted by Gasteiger charge is 2.15. The third kappa shape index (κ3) is 6.47. The number of hydrogen-bond donors (Lipinski definition) is 1. The number of aryl methyl sites for hydroxylation is 2. The maximum Gasteiger partial charge on any atom is 0.146 e. The molecule has 0 saturated carbocycles. The van der Waals surface area contributed by atoms with Crippen LogP contribution in [0.2, 0.25) is 0 Å². The van der Waals surface area contributed by atoms with Gasteiger partial charge in [-0.15, -0.1) is 15.0 Å². The van der Waals surface area contributed by atoms with Crippen molar-refractivity contribution >= 4 is 11.0 Å². The van der Waals surface area contributed by atoms with Crippen LogP contribution in [-0.2, 0) is 12.8 Å². The molecule has 0 aliphatic heterocycles. The first-order chi connectivity index (χ1) is 15.7. The predicted molar refractivity (Wildman–Crippen MR) is 132 cm³/mol. The van der Waals surface area contributed by atoms with Crippen molar-refractivity contribution in [3.8, 4) is 17.2 Å². The number of phenols is 1.